The molecule has 0 heterocycles. The topological polar surface area (TPSA) is 81.4 Å². The highest BCUT2D eigenvalue weighted by Gasteiger charge is 2.30. The highest BCUT2D eigenvalue weighted by Crippen LogP contribution is 2.14. The molecule has 0 bridgehead atoms. The molecule has 0 radical (unpaired) electrons. The number of hydrogen-bond acceptors (Lipinski definition) is 4. The van der Waals surface area contributed by atoms with Crippen molar-refractivity contribution in [3.05, 3.63) is 0 Å². The van der Waals surface area contributed by atoms with Gasteiger partial charge in [0.25, 0.3) is 0 Å². The zero-order valence-electron chi connectivity index (χ0n) is 9.91. The first-order valence-corrected chi connectivity index (χ1v) is 6.44. The van der Waals surface area contributed by atoms with Crippen molar-refractivity contribution in [3.8, 4) is 0 Å². The molecule has 0 aromatic rings. The van der Waals surface area contributed by atoms with E-state index in [2.05, 4.69) is 4.72 Å². The standard InChI is InChI=1S/C9H22N2O3S/c1-9(2,3)15(12,13)11-8(5-6-10)7-14-4/h8,11H,5-7,10H2,1-4H3. The molecule has 0 aliphatic rings. The maximum absolute atomic E-state index is 11.8. The maximum Gasteiger partial charge on any atom is 0.216 e. The quantitative estimate of drug-likeness (QED) is 0.686. The number of nitrogens with one attached hydrogen (secondary N) is 1. The third kappa shape index (κ3) is 4.92. The molecule has 0 aromatic carbocycles. The smallest absolute Gasteiger partial charge is 0.216 e. The summed E-state index contributed by atoms with van der Waals surface area (Å²) < 4.78 is 30.3. The van der Waals surface area contributed by atoms with Gasteiger partial charge >= 0.3 is 0 Å². The molecular weight excluding hydrogens is 216 g/mol. The summed E-state index contributed by atoms with van der Waals surface area (Å²) in [6.45, 7) is 5.73. The first-order valence-electron chi connectivity index (χ1n) is 4.95. The van der Waals surface area contributed by atoms with Crippen LogP contribution in [-0.4, -0.2) is 39.5 Å². The van der Waals surface area contributed by atoms with Gasteiger partial charge in [-0.1, -0.05) is 0 Å². The van der Waals surface area contributed by atoms with E-state index < -0.39 is 14.8 Å². The molecule has 6 heteroatoms. The Morgan fingerprint density at radius 1 is 1.40 bits per heavy atom. The molecule has 1 unspecified atom stereocenters. The van der Waals surface area contributed by atoms with E-state index in [4.69, 9.17) is 10.5 Å². The summed E-state index contributed by atoms with van der Waals surface area (Å²) in [7, 11) is -1.79. The van der Waals surface area contributed by atoms with E-state index in [1.807, 2.05) is 0 Å². The van der Waals surface area contributed by atoms with E-state index in [0.29, 0.717) is 19.6 Å². The lowest BCUT2D eigenvalue weighted by Crippen LogP contribution is -2.47. The van der Waals surface area contributed by atoms with E-state index in [1.54, 1.807) is 20.8 Å². The fourth-order valence-electron chi connectivity index (χ4n) is 0.975. The van der Waals surface area contributed by atoms with Gasteiger partial charge in [-0.05, 0) is 33.7 Å². The Morgan fingerprint density at radius 2 is 1.93 bits per heavy atom. The Bertz CT molecular complexity index is 264. The molecule has 0 aromatic heterocycles. The molecule has 0 fully saturated rings. The number of methoxy groups -OCH3 is 1. The maximum atomic E-state index is 11.8. The van der Waals surface area contributed by atoms with Crippen LogP contribution in [0.25, 0.3) is 0 Å². The van der Waals surface area contributed by atoms with E-state index in [-0.39, 0.29) is 6.04 Å². The molecule has 0 amide bonds. The molecule has 0 saturated carbocycles. The second-order valence-corrected chi connectivity index (χ2v) is 6.93. The van der Waals surface area contributed by atoms with Crippen LogP contribution in [0.2, 0.25) is 0 Å². The Balaban J connectivity index is 4.53. The monoisotopic (exact) mass is 238 g/mol. The Morgan fingerprint density at radius 3 is 2.27 bits per heavy atom. The van der Waals surface area contributed by atoms with Gasteiger partial charge in [0.1, 0.15) is 0 Å². The fourth-order valence-corrected chi connectivity index (χ4v) is 1.95. The summed E-state index contributed by atoms with van der Waals surface area (Å²) in [4.78, 5) is 0. The summed E-state index contributed by atoms with van der Waals surface area (Å²) in [5, 5.41) is 0. The van der Waals surface area contributed by atoms with Gasteiger partial charge in [-0.2, -0.15) is 0 Å². The van der Waals surface area contributed by atoms with Gasteiger partial charge in [-0.15, -0.1) is 0 Å². The molecule has 92 valence electrons. The summed E-state index contributed by atoms with van der Waals surface area (Å²) in [5.41, 5.74) is 5.40. The van der Waals surface area contributed by atoms with Gasteiger partial charge < -0.3 is 10.5 Å². The molecule has 0 aliphatic carbocycles. The summed E-state index contributed by atoms with van der Waals surface area (Å²) >= 11 is 0. The van der Waals surface area contributed by atoms with Crippen molar-refractivity contribution in [1.82, 2.24) is 4.72 Å². The van der Waals surface area contributed by atoms with E-state index >= 15 is 0 Å². The van der Waals surface area contributed by atoms with Gasteiger partial charge in [0.15, 0.2) is 0 Å². The zero-order chi connectivity index (χ0) is 12.1. The van der Waals surface area contributed by atoms with Crippen LogP contribution >= 0.6 is 0 Å². The second-order valence-electron chi connectivity index (χ2n) is 4.46. The summed E-state index contributed by atoms with van der Waals surface area (Å²) in [6.07, 6.45) is 0.573. The van der Waals surface area contributed by atoms with Crippen molar-refractivity contribution in [2.75, 3.05) is 20.3 Å². The normalized spacial score (nSPS) is 15.3. The van der Waals surface area contributed by atoms with Crippen LogP contribution in [0.5, 0.6) is 0 Å². The average molecular weight is 238 g/mol. The van der Waals surface area contributed by atoms with Crippen molar-refractivity contribution in [2.45, 2.75) is 38.0 Å². The van der Waals surface area contributed by atoms with Gasteiger partial charge in [0.2, 0.25) is 10.0 Å². The Kier molecular flexibility index (Phi) is 5.72. The minimum atomic E-state index is -3.33. The molecule has 3 N–H and O–H groups in total. The van der Waals surface area contributed by atoms with E-state index in [0.717, 1.165) is 0 Å². The van der Waals surface area contributed by atoms with Crippen LogP contribution < -0.4 is 10.5 Å². The second kappa shape index (κ2) is 5.79. The molecular formula is C9H22N2O3S. The molecule has 0 aliphatic heterocycles. The van der Waals surface area contributed by atoms with Crippen molar-refractivity contribution in [1.29, 1.82) is 0 Å². The van der Waals surface area contributed by atoms with Crippen molar-refractivity contribution in [2.24, 2.45) is 5.73 Å². The fraction of sp³-hybridized carbons (Fsp3) is 1.00. The number of hydrogen-bond donors (Lipinski definition) is 2. The molecule has 15 heavy (non-hydrogen) atoms. The first kappa shape index (κ1) is 14.8. The van der Waals surface area contributed by atoms with Crippen LogP contribution in [0.3, 0.4) is 0 Å². The molecule has 0 spiro atoms. The van der Waals surface area contributed by atoms with E-state index in [1.165, 1.54) is 7.11 Å². The van der Waals surface area contributed by atoms with Crippen molar-refractivity contribution < 1.29 is 13.2 Å². The zero-order valence-corrected chi connectivity index (χ0v) is 10.7. The minimum absolute atomic E-state index is 0.246. The molecule has 1 atom stereocenters. The van der Waals surface area contributed by atoms with Gasteiger partial charge in [0, 0.05) is 13.2 Å². The van der Waals surface area contributed by atoms with E-state index in [9.17, 15) is 8.42 Å². The third-order valence-corrected chi connectivity index (χ3v) is 4.27. The highest BCUT2D eigenvalue weighted by atomic mass is 32.2. The van der Waals surface area contributed by atoms with Crippen LogP contribution in [0.15, 0.2) is 0 Å². The summed E-state index contributed by atoms with van der Waals surface area (Å²) in [6, 6.07) is -0.246. The molecule has 0 rings (SSSR count). The van der Waals surface area contributed by atoms with Gasteiger partial charge in [0.05, 0.1) is 11.4 Å². The Hall–Kier alpha value is -0.170. The predicted molar refractivity (Wildman–Crippen MR) is 61.1 cm³/mol. The van der Waals surface area contributed by atoms with Crippen LogP contribution in [0, 0.1) is 0 Å². The van der Waals surface area contributed by atoms with Crippen LogP contribution in [0.4, 0.5) is 0 Å². The summed E-state index contributed by atoms with van der Waals surface area (Å²) in [5.74, 6) is 0. The highest BCUT2D eigenvalue weighted by molar-refractivity contribution is 7.90. The van der Waals surface area contributed by atoms with Crippen LogP contribution in [0.1, 0.15) is 27.2 Å². The van der Waals surface area contributed by atoms with Crippen LogP contribution in [-0.2, 0) is 14.8 Å². The number of rotatable bonds is 6. The lowest BCUT2D eigenvalue weighted by molar-refractivity contribution is 0.172. The number of ether oxygens (including phenoxy) is 1. The van der Waals surface area contributed by atoms with Gasteiger partial charge in [-0.3, -0.25) is 0 Å². The third-order valence-electron chi connectivity index (χ3n) is 2.01. The lowest BCUT2D eigenvalue weighted by atomic mass is 10.2. The first-order chi connectivity index (χ1) is 6.74. The molecule has 5 nitrogen and oxygen atoms in total. The predicted octanol–water partition coefficient (Wildman–Crippen LogP) is 0.0681. The lowest BCUT2D eigenvalue weighted by Gasteiger charge is -2.24. The number of sulfonamides is 1. The Labute approximate surface area is 92.4 Å². The largest absolute Gasteiger partial charge is 0.383 e. The van der Waals surface area contributed by atoms with Gasteiger partial charge in [-0.25, -0.2) is 13.1 Å². The van der Waals surface area contributed by atoms with Crippen molar-refractivity contribution in [3.63, 3.8) is 0 Å². The number of nitrogens with two attached hydrogens (primary N) is 1. The van der Waals surface area contributed by atoms with Crippen molar-refractivity contribution >= 4 is 10.0 Å². The molecule has 0 saturated heterocycles. The SMILES string of the molecule is COCC(CCN)NS(=O)(=O)C(C)(C)C. The minimum Gasteiger partial charge on any atom is -0.383 e. The average Bonchev–Trinajstić information content (AvgIpc) is 2.02.